The molecule has 3 N–H and O–H groups in total. The fraction of sp³-hybridized carbons (Fsp3) is 0. The first kappa shape index (κ1) is 11.0. The highest BCUT2D eigenvalue weighted by Gasteiger charge is 2.08. The van der Waals surface area contributed by atoms with Crippen LogP contribution in [0.25, 0.3) is 0 Å². The molecule has 0 radical (unpaired) electrons. The number of nitrogens with zero attached hydrogens (tertiary/aromatic N) is 3. The molecule has 6 nitrogen and oxygen atoms in total. The summed E-state index contributed by atoms with van der Waals surface area (Å²) in [7, 11) is 0. The van der Waals surface area contributed by atoms with Crippen LogP contribution in [0.2, 0.25) is 0 Å². The molecule has 2 rings (SSSR count). The molecule has 0 spiro atoms. The number of nitrogens with one attached hydrogen (secondary N) is 1. The van der Waals surface area contributed by atoms with Crippen molar-refractivity contribution in [2.45, 2.75) is 0 Å². The van der Waals surface area contributed by atoms with Crippen LogP contribution in [0.4, 0.5) is 10.3 Å². The van der Waals surface area contributed by atoms with Gasteiger partial charge in [0.1, 0.15) is 0 Å². The van der Waals surface area contributed by atoms with Gasteiger partial charge in [0.25, 0.3) is 5.91 Å². The number of rotatable bonds is 2. The standard InChI is InChI=1S/C10H7N5OS/c11-5-6-1-3-7(4-2-6)8(16)13-10-15-14-9(12)17-10/h1-4H,(H2,12,14)(H,13,15,16). The number of amides is 1. The monoisotopic (exact) mass is 245 g/mol. The summed E-state index contributed by atoms with van der Waals surface area (Å²) in [6, 6.07) is 8.26. The van der Waals surface area contributed by atoms with Crippen molar-refractivity contribution in [3.05, 3.63) is 35.4 Å². The predicted octanol–water partition coefficient (Wildman–Crippen LogP) is 1.24. The lowest BCUT2D eigenvalue weighted by molar-refractivity contribution is 0.102. The van der Waals surface area contributed by atoms with Crippen LogP contribution < -0.4 is 11.1 Å². The van der Waals surface area contributed by atoms with Gasteiger partial charge in [-0.2, -0.15) is 5.26 Å². The van der Waals surface area contributed by atoms with Gasteiger partial charge in [-0.1, -0.05) is 11.3 Å². The third-order valence-corrected chi connectivity index (χ3v) is 2.61. The van der Waals surface area contributed by atoms with Crippen molar-refractivity contribution >= 4 is 27.5 Å². The lowest BCUT2D eigenvalue weighted by atomic mass is 10.1. The number of carbonyl (C=O) groups excluding carboxylic acids is 1. The maximum absolute atomic E-state index is 11.7. The zero-order valence-electron chi connectivity index (χ0n) is 8.54. The van der Waals surface area contributed by atoms with Crippen molar-refractivity contribution in [1.82, 2.24) is 10.2 Å². The molecule has 0 aliphatic carbocycles. The van der Waals surface area contributed by atoms with Gasteiger partial charge >= 0.3 is 0 Å². The Balaban J connectivity index is 2.12. The van der Waals surface area contributed by atoms with Crippen molar-refractivity contribution in [3.63, 3.8) is 0 Å². The Labute approximate surface area is 101 Å². The zero-order valence-corrected chi connectivity index (χ0v) is 9.36. The van der Waals surface area contributed by atoms with Crippen LogP contribution in [0.1, 0.15) is 15.9 Å². The van der Waals surface area contributed by atoms with E-state index >= 15 is 0 Å². The first-order valence-electron chi connectivity index (χ1n) is 4.59. The normalized spacial score (nSPS) is 9.59. The van der Waals surface area contributed by atoms with Crippen LogP contribution in [0, 0.1) is 11.3 Å². The highest BCUT2D eigenvalue weighted by molar-refractivity contribution is 7.19. The van der Waals surface area contributed by atoms with Crippen molar-refractivity contribution in [2.24, 2.45) is 0 Å². The summed E-state index contributed by atoms with van der Waals surface area (Å²) in [5, 5.41) is 19.1. The van der Waals surface area contributed by atoms with Gasteiger partial charge in [-0.25, -0.2) is 0 Å². The fourth-order valence-electron chi connectivity index (χ4n) is 1.15. The van der Waals surface area contributed by atoms with Gasteiger partial charge in [0.2, 0.25) is 10.3 Å². The largest absolute Gasteiger partial charge is 0.374 e. The molecule has 0 aliphatic heterocycles. The number of hydrogen-bond donors (Lipinski definition) is 2. The van der Waals surface area contributed by atoms with Gasteiger partial charge < -0.3 is 5.73 Å². The Morgan fingerprint density at radius 3 is 2.59 bits per heavy atom. The first-order chi connectivity index (χ1) is 8.19. The number of nitrogen functional groups attached to an aromatic ring is 1. The molecule has 0 unspecified atom stereocenters. The second-order valence-electron chi connectivity index (χ2n) is 3.09. The summed E-state index contributed by atoms with van der Waals surface area (Å²) in [6.45, 7) is 0. The van der Waals surface area contributed by atoms with E-state index in [1.54, 1.807) is 24.3 Å². The Kier molecular flexibility index (Phi) is 2.98. The van der Waals surface area contributed by atoms with E-state index in [1.165, 1.54) is 0 Å². The molecule has 0 atom stereocenters. The van der Waals surface area contributed by atoms with Crippen molar-refractivity contribution in [2.75, 3.05) is 11.1 Å². The number of anilines is 2. The molecule has 2 aromatic rings. The second-order valence-corrected chi connectivity index (χ2v) is 4.10. The third kappa shape index (κ3) is 2.56. The maximum Gasteiger partial charge on any atom is 0.257 e. The molecule has 0 fully saturated rings. The molecule has 0 saturated carbocycles. The summed E-state index contributed by atoms with van der Waals surface area (Å²) < 4.78 is 0. The summed E-state index contributed by atoms with van der Waals surface area (Å²) in [5.41, 5.74) is 6.33. The van der Waals surface area contributed by atoms with E-state index in [-0.39, 0.29) is 5.91 Å². The molecule has 1 amide bonds. The lowest BCUT2D eigenvalue weighted by Gasteiger charge is -2.00. The van der Waals surface area contributed by atoms with E-state index in [0.717, 1.165) is 11.3 Å². The molecule has 84 valence electrons. The minimum absolute atomic E-state index is 0.292. The molecular weight excluding hydrogens is 238 g/mol. The van der Waals surface area contributed by atoms with Crippen molar-refractivity contribution in [1.29, 1.82) is 5.26 Å². The van der Waals surface area contributed by atoms with Crippen LogP contribution in [0.5, 0.6) is 0 Å². The van der Waals surface area contributed by atoms with Gasteiger partial charge in [-0.3, -0.25) is 10.1 Å². The Morgan fingerprint density at radius 1 is 1.35 bits per heavy atom. The average molecular weight is 245 g/mol. The smallest absolute Gasteiger partial charge is 0.257 e. The summed E-state index contributed by atoms with van der Waals surface area (Å²) in [6.07, 6.45) is 0. The zero-order chi connectivity index (χ0) is 12.3. The van der Waals surface area contributed by atoms with E-state index in [0.29, 0.717) is 21.4 Å². The van der Waals surface area contributed by atoms with E-state index < -0.39 is 0 Å². The van der Waals surface area contributed by atoms with Crippen LogP contribution in [0.15, 0.2) is 24.3 Å². The van der Waals surface area contributed by atoms with Crippen LogP contribution in [-0.2, 0) is 0 Å². The van der Waals surface area contributed by atoms with Crippen molar-refractivity contribution in [3.8, 4) is 6.07 Å². The maximum atomic E-state index is 11.7. The molecule has 1 aromatic heterocycles. The highest BCUT2D eigenvalue weighted by Crippen LogP contribution is 2.17. The minimum atomic E-state index is -0.314. The number of hydrogen-bond acceptors (Lipinski definition) is 6. The minimum Gasteiger partial charge on any atom is -0.374 e. The number of carbonyl (C=O) groups is 1. The lowest BCUT2D eigenvalue weighted by Crippen LogP contribution is -2.11. The molecule has 17 heavy (non-hydrogen) atoms. The molecule has 7 heteroatoms. The number of nitriles is 1. The first-order valence-corrected chi connectivity index (χ1v) is 5.41. The Bertz CT molecular complexity index is 583. The van der Waals surface area contributed by atoms with Gasteiger partial charge in [0.15, 0.2) is 0 Å². The van der Waals surface area contributed by atoms with Gasteiger partial charge in [0, 0.05) is 5.56 Å². The molecule has 0 saturated heterocycles. The topological polar surface area (TPSA) is 105 Å². The molecule has 1 aromatic carbocycles. The van der Waals surface area contributed by atoms with E-state index in [1.807, 2.05) is 6.07 Å². The number of aromatic nitrogens is 2. The Hall–Kier alpha value is -2.46. The van der Waals surface area contributed by atoms with E-state index in [9.17, 15) is 4.79 Å². The van der Waals surface area contributed by atoms with Crippen LogP contribution in [-0.4, -0.2) is 16.1 Å². The quantitative estimate of drug-likeness (QED) is 0.828. The highest BCUT2D eigenvalue weighted by atomic mass is 32.1. The van der Waals surface area contributed by atoms with Gasteiger partial charge in [0.05, 0.1) is 11.6 Å². The Morgan fingerprint density at radius 2 is 2.06 bits per heavy atom. The molecular formula is C10H7N5OS. The predicted molar refractivity (Wildman–Crippen MR) is 63.4 cm³/mol. The SMILES string of the molecule is N#Cc1ccc(C(=O)Nc2nnc(N)s2)cc1. The van der Waals surface area contributed by atoms with Gasteiger partial charge in [-0.05, 0) is 24.3 Å². The number of nitrogens with two attached hydrogens (primary N) is 1. The van der Waals surface area contributed by atoms with Crippen LogP contribution >= 0.6 is 11.3 Å². The molecule has 0 bridgehead atoms. The molecule has 1 heterocycles. The summed E-state index contributed by atoms with van der Waals surface area (Å²) in [5.74, 6) is -0.314. The second kappa shape index (κ2) is 4.59. The third-order valence-electron chi connectivity index (χ3n) is 1.94. The number of benzene rings is 1. The van der Waals surface area contributed by atoms with Crippen molar-refractivity contribution < 1.29 is 4.79 Å². The summed E-state index contributed by atoms with van der Waals surface area (Å²) in [4.78, 5) is 11.7. The van der Waals surface area contributed by atoms with E-state index in [4.69, 9.17) is 11.0 Å². The average Bonchev–Trinajstić information content (AvgIpc) is 2.75. The van der Waals surface area contributed by atoms with E-state index in [2.05, 4.69) is 15.5 Å². The van der Waals surface area contributed by atoms with Crippen LogP contribution in [0.3, 0.4) is 0 Å². The van der Waals surface area contributed by atoms with Gasteiger partial charge in [-0.15, -0.1) is 10.2 Å². The molecule has 0 aliphatic rings. The summed E-state index contributed by atoms with van der Waals surface area (Å²) >= 11 is 1.09. The fourth-order valence-corrected chi connectivity index (χ4v) is 1.66.